The molecule has 0 heterocycles. The molecule has 1 N–H and O–H groups in total. The summed E-state index contributed by atoms with van der Waals surface area (Å²) in [5, 5.41) is 9.97. The van der Waals surface area contributed by atoms with E-state index in [-0.39, 0.29) is 0 Å². The van der Waals surface area contributed by atoms with Crippen LogP contribution in [-0.4, -0.2) is 10.7 Å². The summed E-state index contributed by atoms with van der Waals surface area (Å²) < 4.78 is 0. The Morgan fingerprint density at radius 2 is 2.27 bits per heavy atom. The molecule has 1 nitrogen and oxygen atoms in total. The van der Waals surface area contributed by atoms with E-state index in [1.165, 1.54) is 0 Å². The molecule has 0 aromatic heterocycles. The lowest BCUT2D eigenvalue weighted by molar-refractivity contribution is 0.0000424. The Kier molecular flexibility index (Phi) is 2.25. The van der Waals surface area contributed by atoms with Gasteiger partial charge in [-0.3, -0.25) is 0 Å². The third-order valence-electron chi connectivity index (χ3n) is 2.84. The summed E-state index contributed by atoms with van der Waals surface area (Å²) in [5.41, 5.74) is -0.475. The summed E-state index contributed by atoms with van der Waals surface area (Å²) >= 11 is 0. The lowest BCUT2D eigenvalue weighted by atomic mass is 9.88. The molecule has 0 saturated heterocycles. The van der Waals surface area contributed by atoms with Gasteiger partial charge in [-0.15, -0.1) is 12.3 Å². The number of terminal acetylenes is 1. The van der Waals surface area contributed by atoms with E-state index < -0.39 is 5.60 Å². The maximum atomic E-state index is 9.97. The lowest BCUT2D eigenvalue weighted by Crippen LogP contribution is -2.31. The molecule has 1 aliphatic rings. The Morgan fingerprint density at radius 3 is 2.55 bits per heavy atom. The third kappa shape index (κ3) is 1.57. The Bertz CT molecular complexity index is 178. The first-order valence-electron chi connectivity index (χ1n) is 4.27. The maximum absolute atomic E-state index is 9.97. The van der Waals surface area contributed by atoms with Crippen LogP contribution in [0.1, 0.15) is 33.1 Å². The van der Waals surface area contributed by atoms with E-state index in [9.17, 15) is 5.11 Å². The molecule has 11 heavy (non-hydrogen) atoms. The Hall–Kier alpha value is -0.480. The second kappa shape index (κ2) is 2.87. The van der Waals surface area contributed by atoms with Crippen molar-refractivity contribution in [3.63, 3.8) is 0 Å². The Labute approximate surface area is 68.8 Å². The molecule has 0 aromatic rings. The van der Waals surface area contributed by atoms with Crippen molar-refractivity contribution >= 4 is 0 Å². The molecule has 1 heteroatoms. The number of hydrogen-bond acceptors (Lipinski definition) is 1. The highest BCUT2D eigenvalue weighted by Crippen LogP contribution is 2.38. The van der Waals surface area contributed by atoms with Crippen LogP contribution in [0.2, 0.25) is 0 Å². The number of hydrogen-bond donors (Lipinski definition) is 1. The number of rotatable bonds is 1. The van der Waals surface area contributed by atoms with Crippen LogP contribution in [0.4, 0.5) is 0 Å². The molecule has 0 spiro atoms. The molecule has 2 atom stereocenters. The molecule has 0 amide bonds. The molecular weight excluding hydrogens is 136 g/mol. The van der Waals surface area contributed by atoms with E-state index in [1.54, 1.807) is 0 Å². The highest BCUT2D eigenvalue weighted by atomic mass is 16.3. The molecule has 0 aliphatic heterocycles. The molecule has 0 aromatic carbocycles. The van der Waals surface area contributed by atoms with Gasteiger partial charge in [-0.25, -0.2) is 0 Å². The zero-order chi connectivity index (χ0) is 8.48. The monoisotopic (exact) mass is 152 g/mol. The van der Waals surface area contributed by atoms with Crippen molar-refractivity contribution < 1.29 is 5.11 Å². The van der Waals surface area contributed by atoms with Gasteiger partial charge in [0.1, 0.15) is 0 Å². The molecule has 1 rings (SSSR count). The van der Waals surface area contributed by atoms with Gasteiger partial charge in [-0.2, -0.15) is 0 Å². The predicted molar refractivity (Wildman–Crippen MR) is 46.0 cm³/mol. The second-order valence-electron chi connectivity index (χ2n) is 3.86. The van der Waals surface area contributed by atoms with Crippen molar-refractivity contribution in [2.75, 3.05) is 0 Å². The zero-order valence-electron chi connectivity index (χ0n) is 7.30. The smallest absolute Gasteiger partial charge is 0.0682 e. The van der Waals surface area contributed by atoms with E-state index in [0.29, 0.717) is 11.8 Å². The fourth-order valence-electron chi connectivity index (χ4n) is 1.72. The van der Waals surface area contributed by atoms with Crippen LogP contribution in [-0.2, 0) is 0 Å². The molecule has 1 fully saturated rings. The first-order valence-corrected chi connectivity index (χ1v) is 4.27. The average Bonchev–Trinajstić information content (AvgIpc) is 2.33. The molecule has 1 aliphatic carbocycles. The van der Waals surface area contributed by atoms with Crippen molar-refractivity contribution in [3.05, 3.63) is 0 Å². The average molecular weight is 152 g/mol. The van der Waals surface area contributed by atoms with Crippen LogP contribution in [0.3, 0.4) is 0 Å². The highest BCUT2D eigenvalue weighted by molar-refractivity contribution is 5.03. The molecule has 0 radical (unpaired) electrons. The van der Waals surface area contributed by atoms with Gasteiger partial charge in [0.25, 0.3) is 0 Å². The highest BCUT2D eigenvalue weighted by Gasteiger charge is 2.38. The second-order valence-corrected chi connectivity index (χ2v) is 3.86. The summed E-state index contributed by atoms with van der Waals surface area (Å²) in [4.78, 5) is 0. The first-order chi connectivity index (χ1) is 5.08. The summed E-state index contributed by atoms with van der Waals surface area (Å²) in [5.74, 6) is 3.36. The normalized spacial score (nSPS) is 37.5. The molecule has 0 bridgehead atoms. The fourth-order valence-corrected chi connectivity index (χ4v) is 1.72. The van der Waals surface area contributed by atoms with Gasteiger partial charge in [-0.1, -0.05) is 13.8 Å². The van der Waals surface area contributed by atoms with Crippen LogP contribution in [0, 0.1) is 24.2 Å². The maximum Gasteiger partial charge on any atom is 0.0682 e. The van der Waals surface area contributed by atoms with Crippen LogP contribution in [0.15, 0.2) is 0 Å². The van der Waals surface area contributed by atoms with Gasteiger partial charge < -0.3 is 5.11 Å². The summed E-state index contributed by atoms with van der Waals surface area (Å²) in [6.45, 7) is 4.11. The van der Waals surface area contributed by atoms with Gasteiger partial charge >= 0.3 is 0 Å². The first kappa shape index (κ1) is 8.62. The van der Waals surface area contributed by atoms with Crippen molar-refractivity contribution in [1.82, 2.24) is 0 Å². The minimum atomic E-state index is -0.475. The SMILES string of the molecule is C#CC1CCC(O)(C(C)C)C1. The lowest BCUT2D eigenvalue weighted by Gasteiger charge is -2.26. The summed E-state index contributed by atoms with van der Waals surface area (Å²) in [7, 11) is 0. The van der Waals surface area contributed by atoms with Crippen LogP contribution >= 0.6 is 0 Å². The van der Waals surface area contributed by atoms with E-state index in [4.69, 9.17) is 6.42 Å². The van der Waals surface area contributed by atoms with E-state index >= 15 is 0 Å². The van der Waals surface area contributed by atoms with Crippen molar-refractivity contribution in [2.24, 2.45) is 11.8 Å². The fraction of sp³-hybridized carbons (Fsp3) is 0.800. The largest absolute Gasteiger partial charge is 0.390 e. The third-order valence-corrected chi connectivity index (χ3v) is 2.84. The van der Waals surface area contributed by atoms with Gasteiger partial charge in [0.15, 0.2) is 0 Å². The molecule has 62 valence electrons. The summed E-state index contributed by atoms with van der Waals surface area (Å²) in [6.07, 6.45) is 7.95. The van der Waals surface area contributed by atoms with Gasteiger partial charge in [0.2, 0.25) is 0 Å². The van der Waals surface area contributed by atoms with Crippen LogP contribution in [0.25, 0.3) is 0 Å². The van der Waals surface area contributed by atoms with Gasteiger partial charge in [0.05, 0.1) is 5.60 Å². The van der Waals surface area contributed by atoms with Gasteiger partial charge in [0, 0.05) is 5.92 Å². The zero-order valence-corrected chi connectivity index (χ0v) is 7.30. The van der Waals surface area contributed by atoms with Gasteiger partial charge in [-0.05, 0) is 25.2 Å². The van der Waals surface area contributed by atoms with E-state index in [1.807, 2.05) is 0 Å². The van der Waals surface area contributed by atoms with Crippen molar-refractivity contribution in [3.8, 4) is 12.3 Å². The van der Waals surface area contributed by atoms with Crippen molar-refractivity contribution in [1.29, 1.82) is 0 Å². The van der Waals surface area contributed by atoms with E-state index in [0.717, 1.165) is 19.3 Å². The molecular formula is C10H16O. The Morgan fingerprint density at radius 1 is 1.64 bits per heavy atom. The van der Waals surface area contributed by atoms with Crippen LogP contribution in [0.5, 0.6) is 0 Å². The quantitative estimate of drug-likeness (QED) is 0.568. The van der Waals surface area contributed by atoms with Crippen LogP contribution < -0.4 is 0 Å². The molecule has 2 unspecified atom stereocenters. The van der Waals surface area contributed by atoms with Crippen molar-refractivity contribution in [2.45, 2.75) is 38.7 Å². The molecule has 1 saturated carbocycles. The minimum absolute atomic E-state index is 0.308. The predicted octanol–water partition coefficient (Wildman–Crippen LogP) is 1.81. The van der Waals surface area contributed by atoms with E-state index in [2.05, 4.69) is 19.8 Å². The minimum Gasteiger partial charge on any atom is -0.390 e. The Balaban J connectivity index is 2.59. The number of aliphatic hydroxyl groups is 1. The topological polar surface area (TPSA) is 20.2 Å². The standard InChI is InChI=1S/C10H16O/c1-4-9-5-6-10(11,7-9)8(2)3/h1,8-9,11H,5-7H2,2-3H3. The summed E-state index contributed by atoms with van der Waals surface area (Å²) in [6, 6.07) is 0.